The maximum atomic E-state index is 13.9. The standard InChI is InChI=1S/C21H21F6N5O2/c22-13-8-15(24)14(23)6-10(13)5-11(28)7-17(33)31-3-4-32-16(9-31)18(19(34)29-12-1-2-12)30-20(32)21(25,26)27/h6,8,11-12H,1-5,7,9,28H2,(H,29,34). The summed E-state index contributed by atoms with van der Waals surface area (Å²) in [6.45, 7) is -0.602. The van der Waals surface area contributed by atoms with Crippen LogP contribution in [-0.2, 0) is 30.5 Å². The molecular formula is C21H21F6N5O2. The van der Waals surface area contributed by atoms with Crippen LogP contribution in [0.3, 0.4) is 0 Å². The fourth-order valence-electron chi connectivity index (χ4n) is 3.89. The lowest BCUT2D eigenvalue weighted by atomic mass is 10.0. The van der Waals surface area contributed by atoms with Crippen LogP contribution in [0.5, 0.6) is 0 Å². The van der Waals surface area contributed by atoms with Crippen molar-refractivity contribution in [1.29, 1.82) is 0 Å². The summed E-state index contributed by atoms with van der Waals surface area (Å²) in [7, 11) is 0. The molecule has 7 nitrogen and oxygen atoms in total. The van der Waals surface area contributed by atoms with Gasteiger partial charge in [-0.2, -0.15) is 13.2 Å². The van der Waals surface area contributed by atoms with Gasteiger partial charge >= 0.3 is 6.18 Å². The number of carbonyl (C=O) groups is 2. The Hall–Kier alpha value is -3.09. The van der Waals surface area contributed by atoms with E-state index in [0.29, 0.717) is 12.1 Å². The number of amides is 2. The zero-order valence-corrected chi connectivity index (χ0v) is 17.8. The smallest absolute Gasteiger partial charge is 0.348 e. The van der Waals surface area contributed by atoms with Crippen LogP contribution in [0, 0.1) is 17.5 Å². The number of nitrogens with two attached hydrogens (primary N) is 1. The molecule has 2 heterocycles. The Morgan fingerprint density at radius 2 is 1.79 bits per heavy atom. The molecule has 0 radical (unpaired) electrons. The minimum Gasteiger partial charge on any atom is -0.348 e. The van der Waals surface area contributed by atoms with E-state index in [2.05, 4.69) is 10.3 Å². The molecule has 1 aliphatic heterocycles. The van der Waals surface area contributed by atoms with E-state index in [9.17, 15) is 35.9 Å². The highest BCUT2D eigenvalue weighted by atomic mass is 19.4. The third kappa shape index (κ3) is 5.03. The Bertz CT molecular complexity index is 1130. The molecule has 2 amide bonds. The van der Waals surface area contributed by atoms with E-state index in [1.165, 1.54) is 4.90 Å². The van der Waals surface area contributed by atoms with Gasteiger partial charge in [0.1, 0.15) is 5.82 Å². The van der Waals surface area contributed by atoms with Gasteiger partial charge in [-0.1, -0.05) is 0 Å². The number of fused-ring (bicyclic) bond motifs is 1. The van der Waals surface area contributed by atoms with Crippen LogP contribution < -0.4 is 11.1 Å². The second-order valence-corrected chi connectivity index (χ2v) is 8.47. The lowest BCUT2D eigenvalue weighted by Crippen LogP contribution is -2.42. The molecule has 1 fully saturated rings. The monoisotopic (exact) mass is 489 g/mol. The highest BCUT2D eigenvalue weighted by Gasteiger charge is 2.42. The molecule has 0 spiro atoms. The fraction of sp³-hybridized carbons (Fsp3) is 0.476. The summed E-state index contributed by atoms with van der Waals surface area (Å²) in [6, 6.07) is -0.00716. The average Bonchev–Trinajstić information content (AvgIpc) is 3.46. The molecule has 0 saturated heterocycles. The number of alkyl halides is 3. The van der Waals surface area contributed by atoms with E-state index in [1.807, 2.05) is 0 Å². The Labute approximate surface area is 189 Å². The van der Waals surface area contributed by atoms with Crippen molar-refractivity contribution in [3.8, 4) is 0 Å². The molecule has 1 unspecified atom stereocenters. The quantitative estimate of drug-likeness (QED) is 0.482. The van der Waals surface area contributed by atoms with E-state index in [1.54, 1.807) is 0 Å². The number of nitrogens with zero attached hydrogens (tertiary/aromatic N) is 3. The normalized spacial score (nSPS) is 16.9. The Kier molecular flexibility index (Phi) is 6.32. The van der Waals surface area contributed by atoms with Crippen molar-refractivity contribution in [3.63, 3.8) is 0 Å². The number of rotatable bonds is 6. The summed E-state index contributed by atoms with van der Waals surface area (Å²) in [6.07, 6.45) is -3.89. The molecule has 13 heteroatoms. The molecule has 184 valence electrons. The van der Waals surface area contributed by atoms with E-state index in [4.69, 9.17) is 5.73 Å². The summed E-state index contributed by atoms with van der Waals surface area (Å²) in [5, 5.41) is 2.60. The largest absolute Gasteiger partial charge is 0.449 e. The first-order valence-electron chi connectivity index (χ1n) is 10.6. The van der Waals surface area contributed by atoms with Crippen molar-refractivity contribution in [2.45, 2.75) is 57.0 Å². The van der Waals surface area contributed by atoms with E-state index in [0.717, 1.165) is 17.4 Å². The number of nitrogens with one attached hydrogen (secondary N) is 1. The third-order valence-corrected chi connectivity index (χ3v) is 5.75. The third-order valence-electron chi connectivity index (χ3n) is 5.75. The van der Waals surface area contributed by atoms with Crippen molar-refractivity contribution in [1.82, 2.24) is 19.8 Å². The van der Waals surface area contributed by atoms with Crippen molar-refractivity contribution < 1.29 is 35.9 Å². The van der Waals surface area contributed by atoms with Crippen LogP contribution in [-0.4, -0.2) is 44.9 Å². The summed E-state index contributed by atoms with van der Waals surface area (Å²) < 4.78 is 81.6. The van der Waals surface area contributed by atoms with Crippen molar-refractivity contribution in [2.75, 3.05) is 6.54 Å². The zero-order valence-electron chi connectivity index (χ0n) is 17.8. The molecule has 1 atom stereocenters. The van der Waals surface area contributed by atoms with Gasteiger partial charge in [0.25, 0.3) is 5.91 Å². The Morgan fingerprint density at radius 3 is 2.44 bits per heavy atom. The van der Waals surface area contributed by atoms with Crippen molar-refractivity contribution in [3.05, 3.63) is 52.4 Å². The van der Waals surface area contributed by atoms with Crippen LogP contribution in [0.15, 0.2) is 12.1 Å². The molecule has 3 N–H and O–H groups in total. The summed E-state index contributed by atoms with van der Waals surface area (Å²) >= 11 is 0. The Morgan fingerprint density at radius 1 is 1.12 bits per heavy atom. The predicted molar refractivity (Wildman–Crippen MR) is 106 cm³/mol. The summed E-state index contributed by atoms with van der Waals surface area (Å²) in [5.41, 5.74) is 5.28. The molecule has 1 aromatic heterocycles. The van der Waals surface area contributed by atoms with Gasteiger partial charge in [0.15, 0.2) is 17.3 Å². The van der Waals surface area contributed by atoms with Gasteiger partial charge in [-0.15, -0.1) is 0 Å². The van der Waals surface area contributed by atoms with Gasteiger partial charge in [-0.3, -0.25) is 9.59 Å². The number of halogens is 6. The molecule has 0 bridgehead atoms. The van der Waals surface area contributed by atoms with Crippen molar-refractivity contribution in [2.24, 2.45) is 5.73 Å². The second kappa shape index (κ2) is 8.93. The lowest BCUT2D eigenvalue weighted by Gasteiger charge is -2.30. The summed E-state index contributed by atoms with van der Waals surface area (Å²) in [4.78, 5) is 30.0. The number of benzene rings is 1. The van der Waals surface area contributed by atoms with Gasteiger partial charge in [0.05, 0.1) is 12.2 Å². The van der Waals surface area contributed by atoms with Gasteiger partial charge in [-0.05, 0) is 30.9 Å². The molecule has 2 aromatic rings. The topological polar surface area (TPSA) is 93.2 Å². The van der Waals surface area contributed by atoms with Gasteiger partial charge in [0, 0.05) is 37.7 Å². The highest BCUT2D eigenvalue weighted by Crippen LogP contribution is 2.33. The summed E-state index contributed by atoms with van der Waals surface area (Å²) in [5.74, 6) is -6.09. The maximum Gasteiger partial charge on any atom is 0.449 e. The van der Waals surface area contributed by atoms with Crippen LogP contribution in [0.2, 0.25) is 0 Å². The van der Waals surface area contributed by atoms with Gasteiger partial charge in [-0.25, -0.2) is 18.2 Å². The molecule has 4 rings (SSSR count). The second-order valence-electron chi connectivity index (χ2n) is 8.47. The minimum atomic E-state index is -4.78. The molecule has 1 saturated carbocycles. The molecule has 2 aliphatic rings. The highest BCUT2D eigenvalue weighted by molar-refractivity contribution is 5.94. The first kappa shape index (κ1) is 24.0. The molecule has 1 aromatic carbocycles. The molecule has 34 heavy (non-hydrogen) atoms. The first-order chi connectivity index (χ1) is 15.9. The zero-order chi connectivity index (χ0) is 24.8. The number of carbonyl (C=O) groups excluding carboxylic acids is 2. The predicted octanol–water partition coefficient (Wildman–Crippen LogP) is 2.51. The Balaban J connectivity index is 1.48. The fourth-order valence-corrected chi connectivity index (χ4v) is 3.89. The van der Waals surface area contributed by atoms with Crippen LogP contribution in [0.1, 0.15) is 46.8 Å². The molecular weight excluding hydrogens is 468 g/mol. The van der Waals surface area contributed by atoms with Crippen LogP contribution in [0.4, 0.5) is 26.3 Å². The van der Waals surface area contributed by atoms with E-state index in [-0.39, 0.29) is 55.5 Å². The number of hydrogen-bond donors (Lipinski definition) is 2. The minimum absolute atomic E-state index is 0.0368. The number of imidazole rings is 1. The SMILES string of the molecule is NC(CC(=O)N1CCn2c(C(F)(F)F)nc(C(=O)NC3CC3)c2C1)Cc1cc(F)c(F)cc1F. The lowest BCUT2D eigenvalue weighted by molar-refractivity contribution is -0.148. The maximum absolute atomic E-state index is 13.9. The van der Waals surface area contributed by atoms with Crippen molar-refractivity contribution >= 4 is 11.8 Å². The number of aromatic nitrogens is 2. The molecule has 1 aliphatic carbocycles. The van der Waals surface area contributed by atoms with Crippen LogP contribution in [0.25, 0.3) is 0 Å². The van der Waals surface area contributed by atoms with Crippen LogP contribution >= 0.6 is 0 Å². The van der Waals surface area contributed by atoms with Gasteiger partial charge in [0.2, 0.25) is 11.7 Å². The van der Waals surface area contributed by atoms with E-state index >= 15 is 0 Å². The van der Waals surface area contributed by atoms with E-state index < -0.39 is 47.3 Å². The average molecular weight is 489 g/mol. The van der Waals surface area contributed by atoms with Gasteiger partial charge < -0.3 is 20.5 Å². The number of hydrogen-bond acceptors (Lipinski definition) is 4. The first-order valence-corrected chi connectivity index (χ1v) is 10.6.